The van der Waals surface area contributed by atoms with Crippen LogP contribution in [-0.4, -0.2) is 55.3 Å². The molecule has 1 amide bonds. The number of nitriles is 1. The maximum absolute atomic E-state index is 15.1. The zero-order valence-electron chi connectivity index (χ0n) is 20.1. The highest BCUT2D eigenvalue weighted by atomic mass is 35.5. The van der Waals surface area contributed by atoms with Crippen molar-refractivity contribution in [2.24, 2.45) is 0 Å². The number of amides is 1. The van der Waals surface area contributed by atoms with Crippen molar-refractivity contribution in [3.8, 4) is 17.3 Å². The summed E-state index contributed by atoms with van der Waals surface area (Å²) in [6, 6.07) is 12.4. The molecule has 1 saturated heterocycles. The Hall–Kier alpha value is -4.21. The third-order valence-corrected chi connectivity index (χ3v) is 6.79. The lowest BCUT2D eigenvalue weighted by Gasteiger charge is -2.17. The third-order valence-electron chi connectivity index (χ3n) is 6.61. The Morgan fingerprint density at radius 3 is 3.00 bits per heavy atom. The number of carbonyl (C=O) groups excluding carboxylic acids is 1. The number of ether oxygens (including phenoxy) is 2. The van der Waals surface area contributed by atoms with E-state index in [1.54, 1.807) is 41.0 Å². The van der Waals surface area contributed by atoms with Gasteiger partial charge in [-0.25, -0.2) is 18.7 Å². The second kappa shape index (κ2) is 9.27. The van der Waals surface area contributed by atoms with Crippen molar-refractivity contribution in [3.05, 3.63) is 59.0 Å². The number of nitrogens with zero attached hydrogens (tertiary/aromatic N) is 5. The third kappa shape index (κ3) is 4.73. The molecule has 3 aromatic heterocycles. The molecule has 11 nitrogen and oxygen atoms in total. The number of halogens is 2. The second-order valence-electron chi connectivity index (χ2n) is 9.63. The Morgan fingerprint density at radius 1 is 1.37 bits per heavy atom. The quantitative estimate of drug-likeness (QED) is 0.328. The van der Waals surface area contributed by atoms with E-state index in [2.05, 4.69) is 32.0 Å². The summed E-state index contributed by atoms with van der Waals surface area (Å²) >= 11 is 6.15. The number of H-pyrrole nitrogens is 1. The summed E-state index contributed by atoms with van der Waals surface area (Å²) in [4.78, 5) is 16.8. The Morgan fingerprint density at radius 2 is 2.21 bits per heavy atom. The SMILES string of the molecule is CC1(NC(=O)O[C@@H]2CO[C@H](c3cc(Nc4nc(-c5cccc(C#N)c5)cn5nc(Cl)cc45)n[nH]3)[C@@H]2F)CC1. The van der Waals surface area contributed by atoms with Crippen LogP contribution in [0.25, 0.3) is 16.8 Å². The average molecular weight is 537 g/mol. The molecule has 1 aromatic carbocycles. The highest BCUT2D eigenvalue weighted by Gasteiger charge is 2.44. The van der Waals surface area contributed by atoms with Crippen molar-refractivity contribution in [3.63, 3.8) is 0 Å². The van der Waals surface area contributed by atoms with E-state index in [1.165, 1.54) is 0 Å². The number of hydrogen-bond acceptors (Lipinski definition) is 8. The number of alkyl halides is 1. The largest absolute Gasteiger partial charge is 0.441 e. The molecule has 3 atom stereocenters. The molecule has 1 saturated carbocycles. The topological polar surface area (TPSA) is 142 Å². The van der Waals surface area contributed by atoms with Crippen molar-refractivity contribution in [1.29, 1.82) is 5.26 Å². The highest BCUT2D eigenvalue weighted by Crippen LogP contribution is 2.36. The standard InChI is InChI=1S/C25H22ClFN8O3/c1-25(5-6-25)31-24(36)38-18-12-37-22(21(18)27)15-8-20(33-32-15)30-23-17-9-19(26)34-35(17)11-16(29-23)14-4-2-3-13(7-14)10-28/h2-4,7-9,11,18,21-22H,5-6,12H2,1H3,(H,31,36)(H2,29,30,32,33)/t18-,21-,22-/m1/s1. The van der Waals surface area contributed by atoms with E-state index < -0.39 is 24.5 Å². The number of alkyl carbamates (subject to hydrolysis) is 1. The number of aromatic nitrogens is 5. The average Bonchev–Trinajstić information content (AvgIpc) is 3.21. The normalized spacial score (nSPS) is 21.7. The van der Waals surface area contributed by atoms with Gasteiger partial charge in [-0.15, -0.1) is 0 Å². The molecular weight excluding hydrogens is 515 g/mol. The number of hydrogen-bond donors (Lipinski definition) is 3. The van der Waals surface area contributed by atoms with Gasteiger partial charge in [0.2, 0.25) is 0 Å². The molecule has 2 aliphatic rings. The molecule has 6 rings (SSSR count). The minimum Gasteiger partial charge on any atom is -0.441 e. The van der Waals surface area contributed by atoms with Gasteiger partial charge in [0.25, 0.3) is 0 Å². The number of benzene rings is 1. The van der Waals surface area contributed by atoms with Crippen LogP contribution in [0.4, 0.5) is 20.8 Å². The summed E-state index contributed by atoms with van der Waals surface area (Å²) in [7, 11) is 0. The molecule has 1 aliphatic heterocycles. The summed E-state index contributed by atoms with van der Waals surface area (Å²) in [5, 5.41) is 26.7. The van der Waals surface area contributed by atoms with Crippen LogP contribution in [0.3, 0.4) is 0 Å². The summed E-state index contributed by atoms with van der Waals surface area (Å²) in [5.74, 6) is 0.757. The van der Waals surface area contributed by atoms with Crippen LogP contribution in [0, 0.1) is 11.3 Å². The predicted molar refractivity (Wildman–Crippen MR) is 135 cm³/mol. The van der Waals surface area contributed by atoms with E-state index in [9.17, 15) is 10.1 Å². The molecule has 1 aliphatic carbocycles. The number of nitrogens with one attached hydrogen (secondary N) is 3. The van der Waals surface area contributed by atoms with E-state index in [0.717, 1.165) is 12.8 Å². The van der Waals surface area contributed by atoms with E-state index in [4.69, 9.17) is 26.1 Å². The fourth-order valence-electron chi connectivity index (χ4n) is 4.27. The molecule has 194 valence electrons. The van der Waals surface area contributed by atoms with E-state index >= 15 is 4.39 Å². The summed E-state index contributed by atoms with van der Waals surface area (Å²) < 4.78 is 27.6. The number of anilines is 2. The van der Waals surface area contributed by atoms with Crippen LogP contribution in [0.2, 0.25) is 5.15 Å². The van der Waals surface area contributed by atoms with Crippen LogP contribution in [0.1, 0.15) is 37.1 Å². The minimum absolute atomic E-state index is 0.0714. The molecule has 13 heteroatoms. The summed E-state index contributed by atoms with van der Waals surface area (Å²) in [5.41, 5.74) is 2.46. The van der Waals surface area contributed by atoms with Gasteiger partial charge in [0.1, 0.15) is 11.6 Å². The Kier molecular flexibility index (Phi) is 5.89. The molecule has 0 radical (unpaired) electrons. The van der Waals surface area contributed by atoms with Crippen molar-refractivity contribution in [2.75, 3.05) is 11.9 Å². The molecule has 3 N–H and O–H groups in total. The summed E-state index contributed by atoms with van der Waals surface area (Å²) in [6.07, 6.45) is -0.784. The molecule has 2 fully saturated rings. The maximum Gasteiger partial charge on any atom is 0.408 e. The van der Waals surface area contributed by atoms with Crippen molar-refractivity contribution < 1.29 is 18.7 Å². The monoisotopic (exact) mass is 536 g/mol. The van der Waals surface area contributed by atoms with Gasteiger partial charge in [-0.05, 0) is 31.9 Å². The van der Waals surface area contributed by atoms with Crippen LogP contribution < -0.4 is 10.6 Å². The van der Waals surface area contributed by atoms with Gasteiger partial charge in [-0.1, -0.05) is 23.7 Å². The fraction of sp³-hybridized carbons (Fsp3) is 0.320. The molecule has 4 heterocycles. The fourth-order valence-corrected chi connectivity index (χ4v) is 4.46. The van der Waals surface area contributed by atoms with Crippen molar-refractivity contribution in [2.45, 2.75) is 43.7 Å². The van der Waals surface area contributed by atoms with Gasteiger partial charge in [0.05, 0.1) is 35.8 Å². The molecular formula is C25H22ClFN8O3. The molecule has 38 heavy (non-hydrogen) atoms. The van der Waals surface area contributed by atoms with E-state index in [1.807, 2.05) is 13.0 Å². The molecule has 0 spiro atoms. The van der Waals surface area contributed by atoms with Crippen LogP contribution in [0.15, 0.2) is 42.6 Å². The Bertz CT molecular complexity index is 1580. The zero-order chi connectivity index (χ0) is 26.4. The van der Waals surface area contributed by atoms with Gasteiger partial charge < -0.3 is 20.1 Å². The molecule has 0 bridgehead atoms. The van der Waals surface area contributed by atoms with Gasteiger partial charge in [-0.2, -0.15) is 15.5 Å². The van der Waals surface area contributed by atoms with Gasteiger partial charge in [0, 0.05) is 23.2 Å². The first-order chi connectivity index (χ1) is 18.3. The number of rotatable bonds is 6. The molecule has 4 aromatic rings. The van der Waals surface area contributed by atoms with Gasteiger partial charge >= 0.3 is 6.09 Å². The number of fused-ring (bicyclic) bond motifs is 1. The lowest BCUT2D eigenvalue weighted by atomic mass is 10.1. The smallest absolute Gasteiger partial charge is 0.408 e. The Balaban J connectivity index is 1.21. The first-order valence-corrected chi connectivity index (χ1v) is 12.3. The van der Waals surface area contributed by atoms with Crippen LogP contribution in [0.5, 0.6) is 0 Å². The zero-order valence-corrected chi connectivity index (χ0v) is 20.9. The van der Waals surface area contributed by atoms with E-state index in [-0.39, 0.29) is 17.3 Å². The van der Waals surface area contributed by atoms with Crippen molar-refractivity contribution >= 4 is 34.8 Å². The predicted octanol–water partition coefficient (Wildman–Crippen LogP) is 4.44. The van der Waals surface area contributed by atoms with E-state index in [0.29, 0.717) is 39.7 Å². The molecule has 0 unspecified atom stereocenters. The lowest BCUT2D eigenvalue weighted by molar-refractivity contribution is 0.0604. The number of aromatic amines is 1. The number of carbonyl (C=O) groups is 1. The van der Waals surface area contributed by atoms with Crippen molar-refractivity contribution in [1.82, 2.24) is 30.1 Å². The first kappa shape index (κ1) is 24.1. The highest BCUT2D eigenvalue weighted by molar-refractivity contribution is 6.29. The lowest BCUT2D eigenvalue weighted by Crippen LogP contribution is -2.39. The van der Waals surface area contributed by atoms with Gasteiger partial charge in [-0.3, -0.25) is 5.10 Å². The Labute approximate surface area is 220 Å². The second-order valence-corrected chi connectivity index (χ2v) is 10.0. The van der Waals surface area contributed by atoms with Gasteiger partial charge in [0.15, 0.2) is 29.1 Å². The maximum atomic E-state index is 15.1. The minimum atomic E-state index is -1.57. The van der Waals surface area contributed by atoms with Crippen LogP contribution in [-0.2, 0) is 9.47 Å². The van der Waals surface area contributed by atoms with Crippen LogP contribution >= 0.6 is 11.6 Å². The summed E-state index contributed by atoms with van der Waals surface area (Å²) in [6.45, 7) is 1.84. The first-order valence-electron chi connectivity index (χ1n) is 11.9.